The molecule has 0 radical (unpaired) electrons. The Hall–Kier alpha value is -2.75. The Morgan fingerprint density at radius 3 is 2.38 bits per heavy atom. The predicted molar refractivity (Wildman–Crippen MR) is 81.9 cm³/mol. The average Bonchev–Trinajstić information content (AvgIpc) is 2.55. The van der Waals surface area contributed by atoms with Crippen molar-refractivity contribution in [2.45, 2.75) is 0 Å². The van der Waals surface area contributed by atoms with Crippen LogP contribution in [0.3, 0.4) is 0 Å². The molecule has 1 aromatic heterocycles. The van der Waals surface area contributed by atoms with E-state index in [9.17, 15) is 5.11 Å². The van der Waals surface area contributed by atoms with Crippen LogP contribution in [0.5, 0.6) is 17.2 Å². The van der Waals surface area contributed by atoms with Gasteiger partial charge in [0.15, 0.2) is 11.5 Å². The van der Waals surface area contributed by atoms with E-state index in [1.807, 2.05) is 36.4 Å². The number of benzene rings is 2. The smallest absolute Gasteiger partial charge is 0.167 e. The lowest BCUT2D eigenvalue weighted by Crippen LogP contribution is -1.88. The van der Waals surface area contributed by atoms with Gasteiger partial charge >= 0.3 is 0 Å². The van der Waals surface area contributed by atoms with Crippen LogP contribution in [0, 0.1) is 0 Å². The van der Waals surface area contributed by atoms with Crippen molar-refractivity contribution >= 4 is 10.8 Å². The first kappa shape index (κ1) is 13.2. The van der Waals surface area contributed by atoms with Gasteiger partial charge in [-0.1, -0.05) is 6.07 Å². The predicted octanol–water partition coefficient (Wildman–Crippen LogP) is 3.62. The van der Waals surface area contributed by atoms with E-state index in [2.05, 4.69) is 4.98 Å². The second-order valence-corrected chi connectivity index (χ2v) is 4.64. The second kappa shape index (κ2) is 5.32. The maximum absolute atomic E-state index is 10.1. The summed E-state index contributed by atoms with van der Waals surface area (Å²) in [7, 11) is 3.17. The summed E-state index contributed by atoms with van der Waals surface area (Å²) in [6.45, 7) is 0. The number of fused-ring (bicyclic) bond motifs is 1. The summed E-state index contributed by atoms with van der Waals surface area (Å²) < 4.78 is 10.3. The van der Waals surface area contributed by atoms with Crippen LogP contribution in [-0.2, 0) is 0 Å². The van der Waals surface area contributed by atoms with Crippen molar-refractivity contribution in [2.75, 3.05) is 14.2 Å². The SMILES string of the molecule is COc1ccc(-c2cc3ccc(OC)c(O)c3cn2)cc1. The topological polar surface area (TPSA) is 51.6 Å². The molecule has 0 aliphatic rings. The third-order valence-electron chi connectivity index (χ3n) is 3.44. The highest BCUT2D eigenvalue weighted by atomic mass is 16.5. The van der Waals surface area contributed by atoms with Crippen LogP contribution in [0.1, 0.15) is 0 Å². The number of ether oxygens (including phenoxy) is 2. The Morgan fingerprint density at radius 1 is 0.952 bits per heavy atom. The first-order valence-electron chi connectivity index (χ1n) is 6.53. The minimum Gasteiger partial charge on any atom is -0.504 e. The number of rotatable bonds is 3. The number of phenols is 1. The van der Waals surface area contributed by atoms with E-state index in [4.69, 9.17) is 9.47 Å². The number of aromatic nitrogens is 1. The number of nitrogens with zero attached hydrogens (tertiary/aromatic N) is 1. The standard InChI is InChI=1S/C17H15NO3/c1-20-13-6-3-11(4-7-13)15-9-12-5-8-16(21-2)17(19)14(12)10-18-15/h3-10,19H,1-2H3. The van der Waals surface area contributed by atoms with Crippen molar-refractivity contribution in [3.8, 4) is 28.5 Å². The lowest BCUT2D eigenvalue weighted by Gasteiger charge is -2.08. The highest BCUT2D eigenvalue weighted by molar-refractivity contribution is 5.92. The van der Waals surface area contributed by atoms with Gasteiger partial charge in [0.1, 0.15) is 5.75 Å². The van der Waals surface area contributed by atoms with Crippen LogP contribution in [0.2, 0.25) is 0 Å². The fraction of sp³-hybridized carbons (Fsp3) is 0.118. The van der Waals surface area contributed by atoms with E-state index < -0.39 is 0 Å². The monoisotopic (exact) mass is 281 g/mol. The Balaban J connectivity index is 2.08. The van der Waals surface area contributed by atoms with Gasteiger partial charge in [-0.05, 0) is 41.8 Å². The van der Waals surface area contributed by atoms with Crippen molar-refractivity contribution < 1.29 is 14.6 Å². The molecule has 21 heavy (non-hydrogen) atoms. The van der Waals surface area contributed by atoms with Crippen LogP contribution in [0.15, 0.2) is 48.7 Å². The Labute approximate surface area is 122 Å². The molecule has 1 heterocycles. The number of methoxy groups -OCH3 is 2. The van der Waals surface area contributed by atoms with E-state index in [1.54, 1.807) is 19.4 Å². The zero-order chi connectivity index (χ0) is 14.8. The quantitative estimate of drug-likeness (QED) is 0.796. The van der Waals surface area contributed by atoms with E-state index in [-0.39, 0.29) is 5.75 Å². The van der Waals surface area contributed by atoms with E-state index in [0.29, 0.717) is 11.1 Å². The van der Waals surface area contributed by atoms with Crippen LogP contribution >= 0.6 is 0 Å². The fourth-order valence-electron chi connectivity index (χ4n) is 2.27. The Morgan fingerprint density at radius 2 is 1.71 bits per heavy atom. The van der Waals surface area contributed by atoms with Gasteiger partial charge in [-0.15, -0.1) is 0 Å². The van der Waals surface area contributed by atoms with Crippen molar-refractivity contribution in [1.29, 1.82) is 0 Å². The van der Waals surface area contributed by atoms with Gasteiger partial charge in [-0.2, -0.15) is 0 Å². The van der Waals surface area contributed by atoms with Gasteiger partial charge in [0, 0.05) is 17.1 Å². The van der Waals surface area contributed by atoms with Crippen LogP contribution in [0.4, 0.5) is 0 Å². The number of pyridine rings is 1. The number of hydrogen-bond donors (Lipinski definition) is 1. The second-order valence-electron chi connectivity index (χ2n) is 4.64. The molecule has 0 atom stereocenters. The molecule has 0 saturated carbocycles. The summed E-state index contributed by atoms with van der Waals surface area (Å²) in [5, 5.41) is 11.7. The summed E-state index contributed by atoms with van der Waals surface area (Å²) in [6.07, 6.45) is 1.66. The Kier molecular flexibility index (Phi) is 3.36. The van der Waals surface area contributed by atoms with Gasteiger partial charge in [0.25, 0.3) is 0 Å². The van der Waals surface area contributed by atoms with Crippen molar-refractivity contribution in [3.05, 3.63) is 48.7 Å². The first-order valence-corrected chi connectivity index (χ1v) is 6.53. The summed E-state index contributed by atoms with van der Waals surface area (Å²) in [4.78, 5) is 4.41. The minimum atomic E-state index is 0.115. The molecular formula is C17H15NO3. The largest absolute Gasteiger partial charge is 0.504 e. The van der Waals surface area contributed by atoms with E-state index >= 15 is 0 Å². The number of aromatic hydroxyl groups is 1. The molecule has 0 fully saturated rings. The van der Waals surface area contributed by atoms with Gasteiger partial charge < -0.3 is 14.6 Å². The molecule has 0 bridgehead atoms. The molecule has 4 heteroatoms. The third kappa shape index (κ3) is 2.36. The molecule has 0 unspecified atom stereocenters. The maximum Gasteiger partial charge on any atom is 0.167 e. The van der Waals surface area contributed by atoms with Crippen molar-refractivity contribution in [3.63, 3.8) is 0 Å². The summed E-state index contributed by atoms with van der Waals surface area (Å²) in [5.74, 6) is 1.37. The molecule has 0 saturated heterocycles. The normalized spacial score (nSPS) is 10.6. The highest BCUT2D eigenvalue weighted by Crippen LogP contribution is 2.35. The molecule has 0 amide bonds. The van der Waals surface area contributed by atoms with E-state index in [0.717, 1.165) is 22.4 Å². The lowest BCUT2D eigenvalue weighted by atomic mass is 10.1. The molecule has 0 aliphatic heterocycles. The van der Waals surface area contributed by atoms with Crippen molar-refractivity contribution in [1.82, 2.24) is 4.98 Å². The van der Waals surface area contributed by atoms with Gasteiger partial charge in [0.2, 0.25) is 0 Å². The molecular weight excluding hydrogens is 266 g/mol. The van der Waals surface area contributed by atoms with E-state index in [1.165, 1.54) is 7.11 Å². The molecule has 0 aliphatic carbocycles. The van der Waals surface area contributed by atoms with Gasteiger partial charge in [0.05, 0.1) is 19.9 Å². The average molecular weight is 281 g/mol. The third-order valence-corrected chi connectivity index (χ3v) is 3.44. The van der Waals surface area contributed by atoms with Gasteiger partial charge in [-0.3, -0.25) is 4.98 Å². The molecule has 106 valence electrons. The highest BCUT2D eigenvalue weighted by Gasteiger charge is 2.09. The number of phenolic OH excluding ortho intramolecular Hbond substituents is 1. The van der Waals surface area contributed by atoms with Crippen LogP contribution in [-0.4, -0.2) is 24.3 Å². The zero-order valence-corrected chi connectivity index (χ0v) is 11.8. The molecule has 3 rings (SSSR count). The maximum atomic E-state index is 10.1. The Bertz CT molecular complexity index is 782. The molecule has 2 aromatic carbocycles. The fourth-order valence-corrected chi connectivity index (χ4v) is 2.27. The first-order chi connectivity index (χ1) is 10.2. The summed E-state index contributed by atoms with van der Waals surface area (Å²) >= 11 is 0. The summed E-state index contributed by atoms with van der Waals surface area (Å²) in [6, 6.07) is 13.3. The zero-order valence-electron chi connectivity index (χ0n) is 11.8. The van der Waals surface area contributed by atoms with Crippen LogP contribution in [0.25, 0.3) is 22.0 Å². The van der Waals surface area contributed by atoms with Crippen molar-refractivity contribution in [2.24, 2.45) is 0 Å². The lowest BCUT2D eigenvalue weighted by molar-refractivity contribution is 0.376. The molecule has 1 N–H and O–H groups in total. The molecule has 3 aromatic rings. The van der Waals surface area contributed by atoms with Crippen LogP contribution < -0.4 is 9.47 Å². The summed E-state index contributed by atoms with van der Waals surface area (Å²) in [5.41, 5.74) is 1.84. The molecule has 0 spiro atoms. The molecule has 4 nitrogen and oxygen atoms in total. The minimum absolute atomic E-state index is 0.115. The number of hydrogen-bond acceptors (Lipinski definition) is 4. The van der Waals surface area contributed by atoms with Gasteiger partial charge in [-0.25, -0.2) is 0 Å².